The van der Waals surface area contributed by atoms with Crippen LogP contribution < -0.4 is 16.1 Å². The van der Waals surface area contributed by atoms with Crippen molar-refractivity contribution in [3.8, 4) is 0 Å². The second kappa shape index (κ2) is 10.9. The molecule has 170 valence electrons. The van der Waals surface area contributed by atoms with Gasteiger partial charge in [-0.3, -0.25) is 19.6 Å². The van der Waals surface area contributed by atoms with Gasteiger partial charge in [0, 0.05) is 24.5 Å². The third kappa shape index (κ3) is 8.28. The van der Waals surface area contributed by atoms with E-state index in [4.69, 9.17) is 9.94 Å². The highest BCUT2D eigenvalue weighted by Crippen LogP contribution is 2.29. The summed E-state index contributed by atoms with van der Waals surface area (Å²) in [6.45, 7) is 13.0. The maximum absolute atomic E-state index is 12.9. The SMILES string of the molecule is COCC(C)(C)CNC(=O)[C@](O)(NC(=O)[C@H](CCC(C)C)C(=O)NO)C(C)(C)C. The lowest BCUT2D eigenvalue weighted by atomic mass is 9.81. The van der Waals surface area contributed by atoms with Crippen molar-refractivity contribution in [3.05, 3.63) is 0 Å². The number of hydrogen-bond acceptors (Lipinski definition) is 6. The lowest BCUT2D eigenvalue weighted by molar-refractivity contribution is -0.167. The molecule has 0 radical (unpaired) electrons. The standard InChI is InChI=1S/C20H39N3O6/c1-13(2)9-10-14(16(25)23-28)15(24)22-20(27,18(3,4)5)17(26)21-11-19(6,7)12-29-8/h13-14,27-28H,9-12H2,1-8H3,(H,21,26)(H,22,24)(H,23,25)/t14-,20+/m0/s1. The van der Waals surface area contributed by atoms with Crippen molar-refractivity contribution >= 4 is 17.7 Å². The highest BCUT2D eigenvalue weighted by Gasteiger charge is 2.49. The van der Waals surface area contributed by atoms with E-state index < -0.39 is 34.8 Å². The normalized spacial score (nSPS) is 15.4. The predicted octanol–water partition coefficient (Wildman–Crippen LogP) is 1.18. The Morgan fingerprint density at radius 3 is 1.97 bits per heavy atom. The van der Waals surface area contributed by atoms with Gasteiger partial charge in [-0.2, -0.15) is 0 Å². The Morgan fingerprint density at radius 2 is 1.55 bits per heavy atom. The van der Waals surface area contributed by atoms with Gasteiger partial charge in [0.05, 0.1) is 6.61 Å². The summed E-state index contributed by atoms with van der Waals surface area (Å²) in [4.78, 5) is 37.6. The number of nitrogens with one attached hydrogen (secondary N) is 3. The monoisotopic (exact) mass is 417 g/mol. The zero-order valence-electron chi connectivity index (χ0n) is 19.0. The van der Waals surface area contributed by atoms with E-state index in [-0.39, 0.29) is 24.3 Å². The Labute approximate surface area is 173 Å². The zero-order valence-corrected chi connectivity index (χ0v) is 19.0. The molecule has 0 aromatic rings. The van der Waals surface area contributed by atoms with Gasteiger partial charge in [0.1, 0.15) is 5.92 Å². The highest BCUT2D eigenvalue weighted by molar-refractivity contribution is 6.02. The fourth-order valence-electron chi connectivity index (χ4n) is 2.70. The van der Waals surface area contributed by atoms with Gasteiger partial charge in [-0.25, -0.2) is 5.48 Å². The number of carbonyl (C=O) groups excluding carboxylic acids is 3. The van der Waals surface area contributed by atoms with Crippen LogP contribution in [0.2, 0.25) is 0 Å². The maximum atomic E-state index is 12.9. The predicted molar refractivity (Wildman–Crippen MR) is 109 cm³/mol. The number of amides is 3. The number of hydrogen-bond donors (Lipinski definition) is 5. The van der Waals surface area contributed by atoms with Gasteiger partial charge in [0.2, 0.25) is 11.6 Å². The fourth-order valence-corrected chi connectivity index (χ4v) is 2.70. The molecular weight excluding hydrogens is 378 g/mol. The third-order valence-corrected chi connectivity index (χ3v) is 4.76. The summed E-state index contributed by atoms with van der Waals surface area (Å²) in [6.07, 6.45) is 0.718. The first-order chi connectivity index (χ1) is 13.1. The molecular formula is C20H39N3O6. The Bertz CT molecular complexity index is 571. The smallest absolute Gasteiger partial charge is 0.273 e. The molecule has 0 unspecified atom stereocenters. The van der Waals surface area contributed by atoms with Crippen LogP contribution in [0.4, 0.5) is 0 Å². The van der Waals surface area contributed by atoms with Gasteiger partial charge in [0.15, 0.2) is 0 Å². The number of ether oxygens (including phenoxy) is 1. The average molecular weight is 418 g/mol. The van der Waals surface area contributed by atoms with Crippen LogP contribution in [0.3, 0.4) is 0 Å². The van der Waals surface area contributed by atoms with Gasteiger partial charge >= 0.3 is 0 Å². The van der Waals surface area contributed by atoms with Crippen LogP contribution in [0.1, 0.15) is 61.3 Å². The molecule has 0 spiro atoms. The van der Waals surface area contributed by atoms with Crippen LogP contribution in [0.5, 0.6) is 0 Å². The quantitative estimate of drug-likeness (QED) is 0.148. The third-order valence-electron chi connectivity index (χ3n) is 4.76. The van der Waals surface area contributed by atoms with Crippen molar-refractivity contribution in [2.45, 2.75) is 67.0 Å². The number of methoxy groups -OCH3 is 1. The average Bonchev–Trinajstić information content (AvgIpc) is 2.58. The van der Waals surface area contributed by atoms with Crippen LogP contribution in [-0.4, -0.2) is 54.0 Å². The topological polar surface area (TPSA) is 137 Å². The summed E-state index contributed by atoms with van der Waals surface area (Å²) in [5.74, 6) is -3.52. The molecule has 0 aliphatic heterocycles. The summed E-state index contributed by atoms with van der Waals surface area (Å²) < 4.78 is 5.12. The van der Waals surface area contributed by atoms with Crippen molar-refractivity contribution in [1.82, 2.24) is 16.1 Å². The van der Waals surface area contributed by atoms with E-state index in [0.717, 1.165) is 0 Å². The highest BCUT2D eigenvalue weighted by atomic mass is 16.5. The summed E-state index contributed by atoms with van der Waals surface area (Å²) in [5, 5.41) is 25.1. The van der Waals surface area contributed by atoms with Gasteiger partial charge < -0.3 is 20.5 Å². The summed E-state index contributed by atoms with van der Waals surface area (Å²) in [5.41, 5.74) is -2.24. The van der Waals surface area contributed by atoms with Crippen molar-refractivity contribution < 1.29 is 29.4 Å². The first-order valence-electron chi connectivity index (χ1n) is 9.87. The van der Waals surface area contributed by atoms with Crippen molar-refractivity contribution in [1.29, 1.82) is 0 Å². The lowest BCUT2D eigenvalue weighted by Gasteiger charge is -2.40. The molecule has 0 saturated carbocycles. The Kier molecular flexibility index (Phi) is 10.3. The van der Waals surface area contributed by atoms with E-state index in [1.807, 2.05) is 27.7 Å². The molecule has 0 aromatic heterocycles. The van der Waals surface area contributed by atoms with Crippen molar-refractivity contribution in [2.24, 2.45) is 22.7 Å². The van der Waals surface area contributed by atoms with E-state index >= 15 is 0 Å². The lowest BCUT2D eigenvalue weighted by Crippen LogP contribution is -2.67. The molecule has 0 aromatic carbocycles. The number of carbonyl (C=O) groups is 3. The van der Waals surface area contributed by atoms with E-state index in [0.29, 0.717) is 13.0 Å². The Balaban J connectivity index is 5.55. The molecule has 0 saturated heterocycles. The molecule has 9 heteroatoms. The molecule has 0 aliphatic carbocycles. The molecule has 0 rings (SSSR count). The van der Waals surface area contributed by atoms with Gasteiger partial charge in [-0.15, -0.1) is 0 Å². The van der Waals surface area contributed by atoms with E-state index in [1.54, 1.807) is 27.9 Å². The van der Waals surface area contributed by atoms with Crippen LogP contribution in [0.15, 0.2) is 0 Å². The first kappa shape index (κ1) is 27.3. The van der Waals surface area contributed by atoms with Gasteiger partial charge in [-0.05, 0) is 18.8 Å². The van der Waals surface area contributed by atoms with Crippen LogP contribution in [0.25, 0.3) is 0 Å². The minimum atomic E-state index is -2.26. The molecule has 2 atom stereocenters. The first-order valence-corrected chi connectivity index (χ1v) is 9.87. The molecule has 0 bridgehead atoms. The largest absolute Gasteiger partial charge is 0.384 e. The molecule has 0 heterocycles. The molecule has 3 amide bonds. The molecule has 5 N–H and O–H groups in total. The minimum Gasteiger partial charge on any atom is -0.384 e. The number of hydroxylamine groups is 1. The van der Waals surface area contributed by atoms with E-state index in [9.17, 15) is 19.5 Å². The number of rotatable bonds is 11. The maximum Gasteiger partial charge on any atom is 0.273 e. The van der Waals surface area contributed by atoms with Crippen LogP contribution >= 0.6 is 0 Å². The number of aliphatic hydroxyl groups is 1. The van der Waals surface area contributed by atoms with Crippen molar-refractivity contribution in [3.63, 3.8) is 0 Å². The molecule has 0 aliphatic rings. The van der Waals surface area contributed by atoms with Crippen LogP contribution in [-0.2, 0) is 19.1 Å². The van der Waals surface area contributed by atoms with Gasteiger partial charge in [0.25, 0.3) is 11.8 Å². The summed E-state index contributed by atoms with van der Waals surface area (Å²) in [6, 6.07) is 0. The Morgan fingerprint density at radius 1 is 1.00 bits per heavy atom. The summed E-state index contributed by atoms with van der Waals surface area (Å²) in [7, 11) is 1.55. The second-order valence-corrected chi connectivity index (χ2v) is 9.73. The second-order valence-electron chi connectivity index (χ2n) is 9.73. The molecule has 9 nitrogen and oxygen atoms in total. The molecule has 29 heavy (non-hydrogen) atoms. The van der Waals surface area contributed by atoms with Crippen molar-refractivity contribution in [2.75, 3.05) is 20.3 Å². The zero-order chi connectivity index (χ0) is 23.0. The fraction of sp³-hybridized carbons (Fsp3) is 0.850. The summed E-state index contributed by atoms with van der Waals surface area (Å²) >= 11 is 0. The Hall–Kier alpha value is -1.71. The van der Waals surface area contributed by atoms with E-state index in [2.05, 4.69) is 10.6 Å². The van der Waals surface area contributed by atoms with E-state index in [1.165, 1.54) is 5.48 Å². The van der Waals surface area contributed by atoms with Crippen LogP contribution in [0, 0.1) is 22.7 Å². The van der Waals surface area contributed by atoms with Gasteiger partial charge in [-0.1, -0.05) is 48.5 Å². The minimum absolute atomic E-state index is 0.165. The molecule has 0 fully saturated rings.